The van der Waals surface area contributed by atoms with Crippen LogP contribution in [-0.2, 0) is 10.0 Å². The number of para-hydroxylation sites is 2. The first-order valence-electron chi connectivity index (χ1n) is 5.66. The highest BCUT2D eigenvalue weighted by atomic mass is 32.2. The molecule has 9 heteroatoms. The molecule has 0 unspecified atom stereocenters. The van der Waals surface area contributed by atoms with Gasteiger partial charge in [0.25, 0.3) is 10.0 Å². The number of nitrogens with zero attached hydrogens (tertiary/aromatic N) is 1. The van der Waals surface area contributed by atoms with E-state index in [1.165, 1.54) is 12.1 Å². The molecule has 4 N–H and O–H groups in total. The first-order valence-corrected chi connectivity index (χ1v) is 7.14. The second kappa shape index (κ2) is 5.29. The molecule has 0 fully saturated rings. The normalized spacial score (nSPS) is 11.0. The molecule has 0 aliphatic carbocycles. The third kappa shape index (κ3) is 3.03. The lowest BCUT2D eigenvalue weighted by molar-refractivity contribution is -0.386. The predicted octanol–water partition coefficient (Wildman–Crippen LogP) is 1.68. The number of aromatic hydroxyl groups is 1. The van der Waals surface area contributed by atoms with E-state index in [-0.39, 0.29) is 16.3 Å². The van der Waals surface area contributed by atoms with Gasteiger partial charge >= 0.3 is 5.69 Å². The zero-order valence-electron chi connectivity index (χ0n) is 10.6. The molecule has 110 valence electrons. The number of hydrogen-bond acceptors (Lipinski definition) is 6. The summed E-state index contributed by atoms with van der Waals surface area (Å²) < 4.78 is 26.6. The molecule has 2 aromatic carbocycles. The molecular formula is C12H11N3O5S. The lowest BCUT2D eigenvalue weighted by Crippen LogP contribution is -2.14. The molecule has 0 aliphatic heterocycles. The van der Waals surface area contributed by atoms with Crippen LogP contribution < -0.4 is 10.5 Å². The summed E-state index contributed by atoms with van der Waals surface area (Å²) in [6.45, 7) is 0. The molecule has 0 aliphatic rings. The summed E-state index contributed by atoms with van der Waals surface area (Å²) in [6.07, 6.45) is 0. The van der Waals surface area contributed by atoms with Gasteiger partial charge in [0.05, 0.1) is 21.2 Å². The van der Waals surface area contributed by atoms with Crippen molar-refractivity contribution >= 4 is 27.1 Å². The van der Waals surface area contributed by atoms with Crippen LogP contribution in [0.4, 0.5) is 17.1 Å². The number of phenolic OH excluding ortho intramolecular Hbond substituents is 1. The van der Waals surface area contributed by atoms with E-state index in [1.807, 2.05) is 0 Å². The minimum absolute atomic E-state index is 0.160. The van der Waals surface area contributed by atoms with E-state index in [9.17, 15) is 23.6 Å². The third-order valence-electron chi connectivity index (χ3n) is 2.66. The number of rotatable bonds is 4. The molecule has 8 nitrogen and oxygen atoms in total. The number of phenols is 1. The predicted molar refractivity (Wildman–Crippen MR) is 76.4 cm³/mol. The Labute approximate surface area is 120 Å². The summed E-state index contributed by atoms with van der Waals surface area (Å²) in [4.78, 5) is 9.50. The van der Waals surface area contributed by atoms with E-state index in [1.54, 1.807) is 12.1 Å². The number of anilines is 2. The summed E-state index contributed by atoms with van der Waals surface area (Å²) in [5.74, 6) is -0.613. The van der Waals surface area contributed by atoms with Crippen molar-refractivity contribution in [3.63, 3.8) is 0 Å². The number of benzene rings is 2. The van der Waals surface area contributed by atoms with Gasteiger partial charge in [-0.15, -0.1) is 0 Å². The Bertz CT molecular complexity index is 804. The van der Waals surface area contributed by atoms with E-state index in [0.717, 1.165) is 18.2 Å². The maximum Gasteiger partial charge on any atom is 0.312 e. The lowest BCUT2D eigenvalue weighted by Gasteiger charge is -2.10. The van der Waals surface area contributed by atoms with Crippen LogP contribution in [0.3, 0.4) is 0 Å². The van der Waals surface area contributed by atoms with Crippen LogP contribution in [0.5, 0.6) is 5.75 Å². The molecule has 0 bridgehead atoms. The Hall–Kier alpha value is -2.81. The van der Waals surface area contributed by atoms with Crippen molar-refractivity contribution in [2.45, 2.75) is 4.90 Å². The van der Waals surface area contributed by atoms with Crippen LogP contribution in [0, 0.1) is 10.1 Å². The maximum atomic E-state index is 12.2. The molecule has 0 atom stereocenters. The van der Waals surface area contributed by atoms with Gasteiger partial charge in [0.15, 0.2) is 5.75 Å². The van der Waals surface area contributed by atoms with Gasteiger partial charge in [0.2, 0.25) is 0 Å². The highest BCUT2D eigenvalue weighted by Crippen LogP contribution is 2.29. The Balaban J connectivity index is 2.43. The van der Waals surface area contributed by atoms with Crippen LogP contribution in [0.1, 0.15) is 0 Å². The zero-order chi connectivity index (χ0) is 15.6. The van der Waals surface area contributed by atoms with Crippen LogP contribution in [-0.4, -0.2) is 18.4 Å². The van der Waals surface area contributed by atoms with Gasteiger partial charge < -0.3 is 10.8 Å². The molecular weight excluding hydrogens is 298 g/mol. The van der Waals surface area contributed by atoms with Gasteiger partial charge in [-0.2, -0.15) is 0 Å². The van der Waals surface area contributed by atoms with Gasteiger partial charge in [-0.3, -0.25) is 14.8 Å². The average molecular weight is 309 g/mol. The summed E-state index contributed by atoms with van der Waals surface area (Å²) in [5.41, 5.74) is 5.31. The summed E-state index contributed by atoms with van der Waals surface area (Å²) in [6, 6.07) is 8.98. The average Bonchev–Trinajstić information content (AvgIpc) is 2.41. The molecule has 0 saturated heterocycles. The SMILES string of the molecule is Nc1ccccc1NS(=O)(=O)c1ccc(O)c([N+](=O)[O-])c1. The van der Waals surface area contributed by atoms with Crippen molar-refractivity contribution in [3.05, 3.63) is 52.6 Å². The minimum Gasteiger partial charge on any atom is -0.502 e. The molecule has 0 spiro atoms. The van der Waals surface area contributed by atoms with E-state index in [4.69, 9.17) is 5.73 Å². The maximum absolute atomic E-state index is 12.2. The number of sulfonamides is 1. The molecule has 0 aromatic heterocycles. The number of hydrogen-bond donors (Lipinski definition) is 3. The first kappa shape index (κ1) is 14.6. The van der Waals surface area contributed by atoms with Gasteiger partial charge in [-0.25, -0.2) is 8.42 Å². The molecule has 0 saturated carbocycles. The lowest BCUT2D eigenvalue weighted by atomic mass is 10.3. The smallest absolute Gasteiger partial charge is 0.312 e. The minimum atomic E-state index is -4.05. The fourth-order valence-corrected chi connectivity index (χ4v) is 2.72. The highest BCUT2D eigenvalue weighted by Gasteiger charge is 2.21. The van der Waals surface area contributed by atoms with E-state index in [0.29, 0.717) is 0 Å². The van der Waals surface area contributed by atoms with Crippen LogP contribution in [0.25, 0.3) is 0 Å². The van der Waals surface area contributed by atoms with Gasteiger partial charge in [0, 0.05) is 6.07 Å². The van der Waals surface area contributed by atoms with Crippen LogP contribution in [0.15, 0.2) is 47.4 Å². The van der Waals surface area contributed by atoms with Crippen LogP contribution in [0.2, 0.25) is 0 Å². The Morgan fingerprint density at radius 1 is 1.19 bits per heavy atom. The Morgan fingerprint density at radius 3 is 2.48 bits per heavy atom. The number of nitrogen functional groups attached to an aromatic ring is 1. The first-order chi connectivity index (χ1) is 9.81. The monoisotopic (exact) mass is 309 g/mol. The largest absolute Gasteiger partial charge is 0.502 e. The number of nitro benzene ring substituents is 1. The zero-order valence-corrected chi connectivity index (χ0v) is 11.4. The van der Waals surface area contributed by atoms with Crippen molar-refractivity contribution in [2.24, 2.45) is 0 Å². The molecule has 0 radical (unpaired) electrons. The van der Waals surface area contributed by atoms with Crippen molar-refractivity contribution < 1.29 is 18.4 Å². The summed E-state index contributed by atoms with van der Waals surface area (Å²) in [7, 11) is -4.05. The molecule has 0 heterocycles. The van der Waals surface area contributed by atoms with Crippen molar-refractivity contribution in [1.82, 2.24) is 0 Å². The molecule has 21 heavy (non-hydrogen) atoms. The molecule has 0 amide bonds. The number of nitrogens with one attached hydrogen (secondary N) is 1. The number of nitrogens with two attached hydrogens (primary N) is 1. The summed E-state index contributed by atoms with van der Waals surface area (Å²) >= 11 is 0. The fourth-order valence-electron chi connectivity index (χ4n) is 1.61. The summed E-state index contributed by atoms with van der Waals surface area (Å²) in [5, 5.41) is 20.1. The van der Waals surface area contributed by atoms with E-state index < -0.39 is 26.4 Å². The third-order valence-corrected chi connectivity index (χ3v) is 4.02. The fraction of sp³-hybridized carbons (Fsp3) is 0. The standard InChI is InChI=1S/C12H11N3O5S/c13-9-3-1-2-4-10(9)14-21(19,20)8-5-6-12(16)11(7-8)15(17)18/h1-7,14,16H,13H2. The van der Waals surface area contributed by atoms with Crippen LogP contribution >= 0.6 is 0 Å². The highest BCUT2D eigenvalue weighted by molar-refractivity contribution is 7.92. The Kier molecular flexibility index (Phi) is 3.68. The van der Waals surface area contributed by atoms with Gasteiger partial charge in [-0.1, -0.05) is 12.1 Å². The van der Waals surface area contributed by atoms with E-state index >= 15 is 0 Å². The molecule has 2 rings (SSSR count). The van der Waals surface area contributed by atoms with Gasteiger partial charge in [-0.05, 0) is 24.3 Å². The van der Waals surface area contributed by atoms with E-state index in [2.05, 4.69) is 4.72 Å². The molecule has 2 aromatic rings. The van der Waals surface area contributed by atoms with Gasteiger partial charge in [0.1, 0.15) is 0 Å². The topological polar surface area (TPSA) is 136 Å². The van der Waals surface area contributed by atoms with Crippen molar-refractivity contribution in [1.29, 1.82) is 0 Å². The van der Waals surface area contributed by atoms with Crippen molar-refractivity contribution in [2.75, 3.05) is 10.5 Å². The quantitative estimate of drug-likeness (QED) is 0.446. The Morgan fingerprint density at radius 2 is 1.86 bits per heavy atom. The number of nitro groups is 1. The second-order valence-corrected chi connectivity index (χ2v) is 5.78. The second-order valence-electron chi connectivity index (χ2n) is 4.10. The van der Waals surface area contributed by atoms with Crippen molar-refractivity contribution in [3.8, 4) is 5.75 Å².